The third-order valence-electron chi connectivity index (χ3n) is 11.0. The van der Waals surface area contributed by atoms with Gasteiger partial charge in [-0.2, -0.15) is 0 Å². The Balaban J connectivity index is 1.14. The molecule has 2 heterocycles. The summed E-state index contributed by atoms with van der Waals surface area (Å²) < 4.78 is 13.3. The van der Waals surface area contributed by atoms with Crippen LogP contribution in [0.15, 0.2) is 233 Å². The summed E-state index contributed by atoms with van der Waals surface area (Å²) in [5.74, 6) is 0. The molecule has 280 valence electrons. The summed E-state index contributed by atoms with van der Waals surface area (Å²) in [6, 6.07) is 78.3. The van der Waals surface area contributed by atoms with Crippen LogP contribution < -0.4 is 14.7 Å². The number of furan rings is 2. The number of benzene rings is 9. The number of anilines is 9. The van der Waals surface area contributed by atoms with Crippen molar-refractivity contribution in [3.8, 4) is 0 Å². The fraction of sp³-hybridized carbons (Fsp3) is 0. The molecule has 0 aliphatic rings. The minimum absolute atomic E-state index is 0.814. The molecule has 0 amide bonds. The summed E-state index contributed by atoms with van der Waals surface area (Å²) in [5.41, 5.74) is 12.7. The van der Waals surface area contributed by atoms with Crippen LogP contribution in [0.3, 0.4) is 0 Å². The summed E-state index contributed by atoms with van der Waals surface area (Å²) in [7, 11) is 0. The zero-order chi connectivity index (χ0) is 39.1. The third kappa shape index (κ3) is 6.04. The van der Waals surface area contributed by atoms with Gasteiger partial charge in [0.25, 0.3) is 0 Å². The third-order valence-corrected chi connectivity index (χ3v) is 11.0. The van der Waals surface area contributed by atoms with Crippen molar-refractivity contribution in [2.75, 3.05) is 14.7 Å². The van der Waals surface area contributed by atoms with E-state index in [1.807, 2.05) is 0 Å². The van der Waals surface area contributed by atoms with Crippen LogP contribution in [0.4, 0.5) is 51.2 Å². The number of nitrogens with zero attached hydrogens (tertiary/aromatic N) is 3. The molecule has 5 heteroatoms. The van der Waals surface area contributed by atoms with Gasteiger partial charge in [-0.3, -0.25) is 0 Å². The maximum absolute atomic E-state index is 6.66. The summed E-state index contributed by atoms with van der Waals surface area (Å²) in [6.45, 7) is 0. The quantitative estimate of drug-likeness (QED) is 0.146. The van der Waals surface area contributed by atoms with Crippen molar-refractivity contribution in [2.24, 2.45) is 0 Å². The molecule has 59 heavy (non-hydrogen) atoms. The average molecular weight is 760 g/mol. The van der Waals surface area contributed by atoms with Crippen LogP contribution >= 0.6 is 0 Å². The van der Waals surface area contributed by atoms with E-state index in [4.69, 9.17) is 8.83 Å². The second kappa shape index (κ2) is 14.5. The number of rotatable bonds is 9. The van der Waals surface area contributed by atoms with Gasteiger partial charge in [0.1, 0.15) is 22.3 Å². The first kappa shape index (κ1) is 34.2. The Kier molecular flexibility index (Phi) is 8.41. The van der Waals surface area contributed by atoms with E-state index in [9.17, 15) is 0 Å². The average Bonchev–Trinajstić information content (AvgIpc) is 3.87. The molecule has 0 spiro atoms. The molecule has 11 aromatic rings. The van der Waals surface area contributed by atoms with Crippen LogP contribution in [0.25, 0.3) is 43.9 Å². The molecule has 2 aromatic heterocycles. The summed E-state index contributed by atoms with van der Waals surface area (Å²) in [6.07, 6.45) is 0. The first-order valence-corrected chi connectivity index (χ1v) is 19.8. The van der Waals surface area contributed by atoms with Gasteiger partial charge in [0, 0.05) is 50.6 Å². The standard InChI is InChI=1S/C54H37N3O2/c1-6-18-38(19-7-1)55(39-20-8-2-9-21-39)43-32-34-49-45(36-43)53-47(28-16-30-51(53)58-49)57(42-26-14-5-15-27-42)48-29-17-31-52-54(48)46-37-44(33-35-50(46)59-52)56(40-22-10-3-11-23-40)41-24-12-4-13-25-41/h1-37H. The second-order valence-electron chi connectivity index (χ2n) is 14.5. The van der Waals surface area contributed by atoms with Gasteiger partial charge in [-0.15, -0.1) is 0 Å². The number of hydrogen-bond acceptors (Lipinski definition) is 5. The first-order valence-electron chi connectivity index (χ1n) is 19.8. The molecule has 0 unspecified atom stereocenters. The van der Waals surface area contributed by atoms with Crippen molar-refractivity contribution in [2.45, 2.75) is 0 Å². The zero-order valence-corrected chi connectivity index (χ0v) is 32.0. The number of para-hydroxylation sites is 5. The highest BCUT2D eigenvalue weighted by molar-refractivity contribution is 6.18. The lowest BCUT2D eigenvalue weighted by atomic mass is 10.0. The molecule has 0 saturated carbocycles. The van der Waals surface area contributed by atoms with Crippen molar-refractivity contribution < 1.29 is 8.83 Å². The predicted octanol–water partition coefficient (Wildman–Crippen LogP) is 15.9. The molecule has 0 saturated heterocycles. The van der Waals surface area contributed by atoms with Crippen molar-refractivity contribution in [1.82, 2.24) is 0 Å². The number of fused-ring (bicyclic) bond motifs is 6. The lowest BCUT2D eigenvalue weighted by molar-refractivity contribution is 0.668. The van der Waals surface area contributed by atoms with Gasteiger partial charge >= 0.3 is 0 Å². The topological polar surface area (TPSA) is 36.0 Å². The van der Waals surface area contributed by atoms with E-state index in [1.54, 1.807) is 0 Å². The first-order chi connectivity index (χ1) is 29.3. The molecular weight excluding hydrogens is 723 g/mol. The maximum atomic E-state index is 6.66. The lowest BCUT2D eigenvalue weighted by Gasteiger charge is -2.27. The van der Waals surface area contributed by atoms with Crippen molar-refractivity contribution in [1.29, 1.82) is 0 Å². The van der Waals surface area contributed by atoms with Crippen LogP contribution in [0, 0.1) is 0 Å². The highest BCUT2D eigenvalue weighted by Crippen LogP contribution is 2.48. The Hall–Kier alpha value is -8.02. The normalized spacial score (nSPS) is 11.4. The highest BCUT2D eigenvalue weighted by atomic mass is 16.3. The smallest absolute Gasteiger partial charge is 0.137 e. The molecule has 5 nitrogen and oxygen atoms in total. The van der Waals surface area contributed by atoms with Crippen LogP contribution in [0.1, 0.15) is 0 Å². The van der Waals surface area contributed by atoms with E-state index in [2.05, 4.69) is 239 Å². The van der Waals surface area contributed by atoms with E-state index in [0.717, 1.165) is 95.1 Å². The number of hydrogen-bond donors (Lipinski definition) is 0. The fourth-order valence-electron chi connectivity index (χ4n) is 8.43. The predicted molar refractivity (Wildman–Crippen MR) is 245 cm³/mol. The van der Waals surface area contributed by atoms with Gasteiger partial charge in [0.15, 0.2) is 0 Å². The van der Waals surface area contributed by atoms with Gasteiger partial charge in [0.05, 0.1) is 22.1 Å². The van der Waals surface area contributed by atoms with E-state index >= 15 is 0 Å². The second-order valence-corrected chi connectivity index (χ2v) is 14.5. The van der Waals surface area contributed by atoms with Gasteiger partial charge in [-0.1, -0.05) is 103 Å². The molecule has 9 aromatic carbocycles. The van der Waals surface area contributed by atoms with Gasteiger partial charge in [-0.25, -0.2) is 0 Å². The van der Waals surface area contributed by atoms with Crippen molar-refractivity contribution in [3.63, 3.8) is 0 Å². The molecule has 0 fully saturated rings. The van der Waals surface area contributed by atoms with Crippen molar-refractivity contribution in [3.05, 3.63) is 224 Å². The van der Waals surface area contributed by atoms with Crippen LogP contribution in [-0.2, 0) is 0 Å². The Morgan fingerprint density at radius 1 is 0.237 bits per heavy atom. The van der Waals surface area contributed by atoms with Crippen LogP contribution in [0.5, 0.6) is 0 Å². The largest absolute Gasteiger partial charge is 0.456 e. The molecule has 0 bridgehead atoms. The van der Waals surface area contributed by atoms with Gasteiger partial charge < -0.3 is 23.5 Å². The Labute approximate surface area is 341 Å². The maximum Gasteiger partial charge on any atom is 0.137 e. The van der Waals surface area contributed by atoms with E-state index in [0.29, 0.717) is 0 Å². The monoisotopic (exact) mass is 759 g/mol. The minimum Gasteiger partial charge on any atom is -0.456 e. The van der Waals surface area contributed by atoms with Crippen LogP contribution in [-0.4, -0.2) is 0 Å². The zero-order valence-electron chi connectivity index (χ0n) is 32.0. The SMILES string of the molecule is c1ccc(N(c2ccccc2)c2ccc3oc4cccc(N(c5ccccc5)c5cccc6oc7ccc(N(c8ccccc8)c8ccccc8)cc7c56)c4c3c2)cc1. The summed E-state index contributed by atoms with van der Waals surface area (Å²) in [4.78, 5) is 6.94. The van der Waals surface area contributed by atoms with Crippen LogP contribution in [0.2, 0.25) is 0 Å². The Bertz CT molecular complexity index is 2940. The minimum atomic E-state index is 0.814. The van der Waals surface area contributed by atoms with E-state index in [-0.39, 0.29) is 0 Å². The molecule has 0 N–H and O–H groups in total. The van der Waals surface area contributed by atoms with Crippen molar-refractivity contribution >= 4 is 95.1 Å². The lowest BCUT2D eigenvalue weighted by Crippen LogP contribution is -2.11. The molecule has 0 aliphatic heterocycles. The Morgan fingerprint density at radius 3 is 0.898 bits per heavy atom. The molecule has 11 rings (SSSR count). The van der Waals surface area contributed by atoms with E-state index in [1.165, 1.54) is 0 Å². The molecular formula is C54H37N3O2. The highest BCUT2D eigenvalue weighted by Gasteiger charge is 2.25. The fourth-order valence-corrected chi connectivity index (χ4v) is 8.43. The summed E-state index contributed by atoms with van der Waals surface area (Å²) >= 11 is 0. The summed E-state index contributed by atoms with van der Waals surface area (Å²) in [5, 5.41) is 4.11. The molecule has 0 radical (unpaired) electrons. The van der Waals surface area contributed by atoms with Gasteiger partial charge in [0.2, 0.25) is 0 Å². The molecule has 0 atom stereocenters. The van der Waals surface area contributed by atoms with E-state index < -0.39 is 0 Å². The molecule has 0 aliphatic carbocycles. The van der Waals surface area contributed by atoms with Gasteiger partial charge in [-0.05, 0) is 121 Å². The Morgan fingerprint density at radius 2 is 0.559 bits per heavy atom.